The average Bonchev–Trinajstić information content (AvgIpc) is 2.76. The number of carbonyl (C=O) groups is 1. The van der Waals surface area contributed by atoms with E-state index < -0.39 is 0 Å². The molecule has 1 amide bonds. The van der Waals surface area contributed by atoms with Crippen LogP contribution in [-0.2, 0) is 4.79 Å². The second-order valence-electron chi connectivity index (χ2n) is 5.22. The lowest BCUT2D eigenvalue weighted by molar-refractivity contribution is -0.124. The van der Waals surface area contributed by atoms with E-state index in [0.717, 1.165) is 19.4 Å². The van der Waals surface area contributed by atoms with Gasteiger partial charge in [0, 0.05) is 6.04 Å². The van der Waals surface area contributed by atoms with Crippen LogP contribution < -0.4 is 10.6 Å². The van der Waals surface area contributed by atoms with E-state index in [2.05, 4.69) is 24.5 Å². The molecule has 86 valence electrons. The maximum atomic E-state index is 12.0. The van der Waals surface area contributed by atoms with E-state index >= 15 is 0 Å². The van der Waals surface area contributed by atoms with E-state index in [4.69, 9.17) is 0 Å². The molecule has 2 aliphatic rings. The van der Waals surface area contributed by atoms with Crippen LogP contribution in [0.25, 0.3) is 0 Å². The van der Waals surface area contributed by atoms with E-state index in [-0.39, 0.29) is 11.9 Å². The fourth-order valence-corrected chi connectivity index (χ4v) is 2.82. The Kier molecular flexibility index (Phi) is 3.29. The lowest BCUT2D eigenvalue weighted by atomic mass is 10.0. The smallest absolute Gasteiger partial charge is 0.237 e. The predicted molar refractivity (Wildman–Crippen MR) is 60.5 cm³/mol. The van der Waals surface area contributed by atoms with Crippen molar-refractivity contribution in [1.82, 2.24) is 10.6 Å². The van der Waals surface area contributed by atoms with Crippen LogP contribution in [0.5, 0.6) is 0 Å². The highest BCUT2D eigenvalue weighted by Crippen LogP contribution is 2.25. The fraction of sp³-hybridized carbons (Fsp3) is 0.917. The van der Waals surface area contributed by atoms with Crippen LogP contribution in [0.1, 0.15) is 39.5 Å². The summed E-state index contributed by atoms with van der Waals surface area (Å²) in [7, 11) is 0. The van der Waals surface area contributed by atoms with Gasteiger partial charge in [-0.3, -0.25) is 4.79 Å². The molecule has 0 aromatic carbocycles. The minimum absolute atomic E-state index is 0.0535. The third-order valence-corrected chi connectivity index (χ3v) is 4.00. The zero-order valence-corrected chi connectivity index (χ0v) is 9.75. The average molecular weight is 210 g/mol. The van der Waals surface area contributed by atoms with Crippen molar-refractivity contribution in [3.05, 3.63) is 0 Å². The summed E-state index contributed by atoms with van der Waals surface area (Å²) in [4.78, 5) is 12.0. The second kappa shape index (κ2) is 4.52. The van der Waals surface area contributed by atoms with Gasteiger partial charge in [-0.25, -0.2) is 0 Å². The van der Waals surface area contributed by atoms with Crippen LogP contribution in [0.15, 0.2) is 0 Å². The largest absolute Gasteiger partial charge is 0.352 e. The number of amides is 1. The van der Waals surface area contributed by atoms with Crippen LogP contribution in [0.4, 0.5) is 0 Å². The van der Waals surface area contributed by atoms with Gasteiger partial charge in [0.15, 0.2) is 0 Å². The Morgan fingerprint density at radius 2 is 2.00 bits per heavy atom. The van der Waals surface area contributed by atoms with E-state index in [1.165, 1.54) is 12.8 Å². The molecule has 0 bridgehead atoms. The first-order valence-corrected chi connectivity index (χ1v) is 6.22. The van der Waals surface area contributed by atoms with Crippen molar-refractivity contribution in [2.75, 3.05) is 6.54 Å². The number of nitrogens with one attached hydrogen (secondary N) is 2. The molecule has 0 aromatic rings. The molecule has 3 nitrogen and oxygen atoms in total. The normalized spacial score (nSPS) is 40.7. The molecule has 15 heavy (non-hydrogen) atoms. The van der Waals surface area contributed by atoms with Crippen molar-refractivity contribution < 1.29 is 4.79 Å². The molecule has 1 saturated heterocycles. The molecule has 1 heterocycles. The molecular weight excluding hydrogens is 188 g/mol. The van der Waals surface area contributed by atoms with E-state index in [1.54, 1.807) is 0 Å². The van der Waals surface area contributed by atoms with Gasteiger partial charge in [0.1, 0.15) is 0 Å². The third kappa shape index (κ3) is 2.33. The number of carbonyl (C=O) groups excluding carboxylic acids is 1. The molecule has 1 saturated carbocycles. The lowest BCUT2D eigenvalue weighted by Gasteiger charge is -2.21. The zero-order chi connectivity index (χ0) is 10.8. The molecular formula is C12H22N2O. The topological polar surface area (TPSA) is 41.1 Å². The van der Waals surface area contributed by atoms with Crippen LogP contribution in [-0.4, -0.2) is 24.5 Å². The minimum Gasteiger partial charge on any atom is -0.352 e. The maximum Gasteiger partial charge on any atom is 0.237 e. The van der Waals surface area contributed by atoms with Crippen molar-refractivity contribution in [1.29, 1.82) is 0 Å². The summed E-state index contributed by atoms with van der Waals surface area (Å²) < 4.78 is 0. The molecule has 4 unspecified atom stereocenters. The van der Waals surface area contributed by atoms with Gasteiger partial charge in [-0.05, 0) is 37.6 Å². The summed E-state index contributed by atoms with van der Waals surface area (Å²) in [5.41, 5.74) is 0. The van der Waals surface area contributed by atoms with Crippen molar-refractivity contribution in [2.24, 2.45) is 11.8 Å². The number of rotatable bonds is 2. The van der Waals surface area contributed by atoms with Gasteiger partial charge in [0.25, 0.3) is 0 Å². The molecule has 0 radical (unpaired) electrons. The minimum atomic E-state index is 0.0535. The Labute approximate surface area is 92.0 Å². The molecule has 2 N–H and O–H groups in total. The van der Waals surface area contributed by atoms with Crippen LogP contribution >= 0.6 is 0 Å². The molecule has 0 aromatic heterocycles. The van der Waals surface area contributed by atoms with Crippen molar-refractivity contribution in [3.63, 3.8) is 0 Å². The summed E-state index contributed by atoms with van der Waals surface area (Å²) in [6.45, 7) is 5.38. The highest BCUT2D eigenvalue weighted by Gasteiger charge is 2.32. The molecule has 1 aliphatic heterocycles. The monoisotopic (exact) mass is 210 g/mol. The standard InChI is InChI=1S/C12H22N2O/c1-8-4-3-5-10(8)14-12(15)11-9(2)6-7-13-11/h8-11,13H,3-7H2,1-2H3,(H,14,15). The van der Waals surface area contributed by atoms with E-state index in [0.29, 0.717) is 17.9 Å². The summed E-state index contributed by atoms with van der Waals surface area (Å²) in [6.07, 6.45) is 4.81. The zero-order valence-electron chi connectivity index (χ0n) is 9.75. The van der Waals surface area contributed by atoms with Gasteiger partial charge in [0.2, 0.25) is 5.91 Å². The van der Waals surface area contributed by atoms with Gasteiger partial charge < -0.3 is 10.6 Å². The van der Waals surface area contributed by atoms with E-state index in [1.807, 2.05) is 0 Å². The van der Waals surface area contributed by atoms with Crippen molar-refractivity contribution in [2.45, 2.75) is 51.6 Å². The van der Waals surface area contributed by atoms with Gasteiger partial charge in [-0.15, -0.1) is 0 Å². The first-order valence-electron chi connectivity index (χ1n) is 6.22. The number of hydrogen-bond acceptors (Lipinski definition) is 2. The van der Waals surface area contributed by atoms with Crippen LogP contribution in [0, 0.1) is 11.8 Å². The van der Waals surface area contributed by atoms with Crippen LogP contribution in [0.2, 0.25) is 0 Å². The third-order valence-electron chi connectivity index (χ3n) is 4.00. The summed E-state index contributed by atoms with van der Waals surface area (Å²) in [5, 5.41) is 6.48. The highest BCUT2D eigenvalue weighted by atomic mass is 16.2. The summed E-state index contributed by atoms with van der Waals surface area (Å²) >= 11 is 0. The quantitative estimate of drug-likeness (QED) is 0.721. The van der Waals surface area contributed by atoms with E-state index in [9.17, 15) is 4.79 Å². The maximum absolute atomic E-state index is 12.0. The van der Waals surface area contributed by atoms with Crippen molar-refractivity contribution >= 4 is 5.91 Å². The highest BCUT2D eigenvalue weighted by molar-refractivity contribution is 5.82. The Bertz CT molecular complexity index is 242. The SMILES string of the molecule is CC1CCCC1NC(=O)C1NCCC1C. The Balaban J connectivity index is 1.86. The van der Waals surface area contributed by atoms with Gasteiger partial charge in [-0.1, -0.05) is 20.3 Å². The molecule has 0 spiro atoms. The first kappa shape index (κ1) is 10.9. The summed E-state index contributed by atoms with van der Waals surface area (Å²) in [5.74, 6) is 1.37. The predicted octanol–water partition coefficient (Wildman–Crippen LogP) is 1.29. The van der Waals surface area contributed by atoms with Crippen LogP contribution in [0.3, 0.4) is 0 Å². The second-order valence-corrected chi connectivity index (χ2v) is 5.22. The molecule has 3 heteroatoms. The molecule has 2 fully saturated rings. The Morgan fingerprint density at radius 3 is 2.53 bits per heavy atom. The van der Waals surface area contributed by atoms with Crippen molar-refractivity contribution in [3.8, 4) is 0 Å². The lowest BCUT2D eigenvalue weighted by Crippen LogP contribution is -2.47. The fourth-order valence-electron chi connectivity index (χ4n) is 2.82. The van der Waals surface area contributed by atoms with Gasteiger partial charge in [-0.2, -0.15) is 0 Å². The molecule has 1 aliphatic carbocycles. The molecule has 2 rings (SSSR count). The number of hydrogen-bond donors (Lipinski definition) is 2. The Morgan fingerprint density at radius 1 is 1.20 bits per heavy atom. The van der Waals surface area contributed by atoms with Gasteiger partial charge >= 0.3 is 0 Å². The molecule has 4 atom stereocenters. The Hall–Kier alpha value is -0.570. The summed E-state index contributed by atoms with van der Waals surface area (Å²) in [6, 6.07) is 0.477. The first-order chi connectivity index (χ1) is 7.18. The van der Waals surface area contributed by atoms with Gasteiger partial charge in [0.05, 0.1) is 6.04 Å².